The molecule has 0 spiro atoms. The lowest BCUT2D eigenvalue weighted by Gasteiger charge is -2.30. The Labute approximate surface area is 172 Å². The van der Waals surface area contributed by atoms with Gasteiger partial charge in [-0.05, 0) is 58.2 Å². The number of benzene rings is 1. The van der Waals surface area contributed by atoms with Crippen molar-refractivity contribution in [2.45, 2.75) is 77.7 Å². The molecule has 1 N–H and O–H groups in total. The number of rotatable bonds is 4. The molecule has 1 fully saturated rings. The fourth-order valence-corrected chi connectivity index (χ4v) is 3.43. The summed E-state index contributed by atoms with van der Waals surface area (Å²) in [5, 5.41) is 2.59. The van der Waals surface area contributed by atoms with Gasteiger partial charge in [0.05, 0.1) is 6.10 Å². The first-order chi connectivity index (χ1) is 13.6. The average molecular weight is 409 g/mol. The van der Waals surface area contributed by atoms with Crippen molar-refractivity contribution < 1.29 is 28.2 Å². The highest BCUT2D eigenvalue weighted by molar-refractivity contribution is 5.81. The van der Waals surface area contributed by atoms with Crippen molar-refractivity contribution in [3.63, 3.8) is 0 Å². The molecular formula is C22H32FNO5. The van der Waals surface area contributed by atoms with Crippen LogP contribution in [0.25, 0.3) is 0 Å². The molecule has 1 aliphatic rings. The van der Waals surface area contributed by atoms with E-state index < -0.39 is 29.8 Å². The molecule has 162 valence electrons. The maximum absolute atomic E-state index is 13.2. The molecule has 2 rings (SSSR count). The predicted molar refractivity (Wildman–Crippen MR) is 107 cm³/mol. The molecule has 1 aliphatic heterocycles. The normalized spacial score (nSPS) is 25.9. The second-order valence-electron chi connectivity index (χ2n) is 8.44. The van der Waals surface area contributed by atoms with Crippen LogP contribution in [-0.2, 0) is 25.4 Å². The number of carbonyl (C=O) groups is 2. The van der Waals surface area contributed by atoms with Gasteiger partial charge in [0.25, 0.3) is 0 Å². The van der Waals surface area contributed by atoms with Crippen molar-refractivity contribution in [2.24, 2.45) is 5.92 Å². The quantitative estimate of drug-likeness (QED) is 0.761. The van der Waals surface area contributed by atoms with E-state index in [1.54, 1.807) is 32.9 Å². The maximum atomic E-state index is 13.2. The summed E-state index contributed by atoms with van der Waals surface area (Å²) in [7, 11) is 0. The van der Waals surface area contributed by atoms with E-state index >= 15 is 0 Å². The molecule has 1 aromatic carbocycles. The lowest BCUT2D eigenvalue weighted by atomic mass is 9.88. The Morgan fingerprint density at radius 1 is 1.28 bits per heavy atom. The van der Waals surface area contributed by atoms with Crippen LogP contribution in [0.5, 0.6) is 0 Å². The smallest absolute Gasteiger partial charge is 0.408 e. The Balaban J connectivity index is 2.11. The summed E-state index contributed by atoms with van der Waals surface area (Å²) in [4.78, 5) is 24.8. The van der Waals surface area contributed by atoms with E-state index in [1.807, 2.05) is 13.8 Å². The van der Waals surface area contributed by atoms with Gasteiger partial charge < -0.3 is 19.5 Å². The lowest BCUT2D eigenvalue weighted by molar-refractivity contribution is -0.154. The molecule has 0 radical (unpaired) electrons. The molecule has 1 saturated heterocycles. The number of alkyl carbamates (subject to hydrolysis) is 1. The molecule has 7 heteroatoms. The molecule has 0 aliphatic carbocycles. The fraction of sp³-hybridized carbons (Fsp3) is 0.636. The molecule has 1 amide bonds. The van der Waals surface area contributed by atoms with Crippen molar-refractivity contribution in [3.8, 4) is 0 Å². The van der Waals surface area contributed by atoms with Crippen LogP contribution in [0.3, 0.4) is 0 Å². The maximum Gasteiger partial charge on any atom is 0.408 e. The van der Waals surface area contributed by atoms with Gasteiger partial charge in [-0.2, -0.15) is 0 Å². The molecule has 1 aromatic rings. The van der Waals surface area contributed by atoms with Crippen molar-refractivity contribution in [1.29, 1.82) is 0 Å². The third kappa shape index (κ3) is 7.31. The zero-order valence-corrected chi connectivity index (χ0v) is 17.9. The minimum atomic E-state index is -0.839. The van der Waals surface area contributed by atoms with E-state index in [1.165, 1.54) is 12.1 Å². The summed E-state index contributed by atoms with van der Waals surface area (Å²) in [5.74, 6) is -0.885. The molecule has 0 aromatic heterocycles. The van der Waals surface area contributed by atoms with Gasteiger partial charge in [0, 0.05) is 18.9 Å². The lowest BCUT2D eigenvalue weighted by Crippen LogP contribution is -2.45. The second-order valence-corrected chi connectivity index (χ2v) is 8.44. The Morgan fingerprint density at radius 2 is 1.93 bits per heavy atom. The van der Waals surface area contributed by atoms with E-state index in [-0.39, 0.29) is 17.8 Å². The monoisotopic (exact) mass is 409 g/mol. The van der Waals surface area contributed by atoms with Crippen LogP contribution in [0.1, 0.15) is 53.0 Å². The number of esters is 1. The highest BCUT2D eigenvalue weighted by atomic mass is 19.1. The molecule has 0 bridgehead atoms. The minimum absolute atomic E-state index is 0.0883. The van der Waals surface area contributed by atoms with Crippen molar-refractivity contribution in [2.75, 3.05) is 6.61 Å². The SMILES string of the molecule is CC[C@H]1OCC[C@H](NC(=O)OC(C)(C)C)C(=O)O[C@@H](C)[C@@H]1Cc1ccc(F)cc1. The Kier molecular flexibility index (Phi) is 8.02. The topological polar surface area (TPSA) is 73.9 Å². The van der Waals surface area contributed by atoms with Crippen LogP contribution in [0.15, 0.2) is 24.3 Å². The first-order valence-electron chi connectivity index (χ1n) is 10.1. The Morgan fingerprint density at radius 3 is 2.52 bits per heavy atom. The van der Waals surface area contributed by atoms with Crippen LogP contribution < -0.4 is 5.32 Å². The van der Waals surface area contributed by atoms with E-state index in [9.17, 15) is 14.0 Å². The number of hydrogen-bond donors (Lipinski definition) is 1. The summed E-state index contributed by atoms with van der Waals surface area (Å²) in [5.41, 5.74) is 0.285. The number of cyclic esters (lactones) is 1. The van der Waals surface area contributed by atoms with Crippen molar-refractivity contribution in [3.05, 3.63) is 35.6 Å². The summed E-state index contributed by atoms with van der Waals surface area (Å²) in [6.07, 6.45) is 0.419. The Bertz CT molecular complexity index is 685. The summed E-state index contributed by atoms with van der Waals surface area (Å²) in [6, 6.07) is 5.47. The molecular weight excluding hydrogens is 377 g/mol. The summed E-state index contributed by atoms with van der Waals surface area (Å²) < 4.78 is 30.2. The highest BCUT2D eigenvalue weighted by Gasteiger charge is 2.34. The van der Waals surface area contributed by atoms with Gasteiger partial charge in [-0.1, -0.05) is 19.1 Å². The number of amides is 1. The number of hydrogen-bond acceptors (Lipinski definition) is 5. The first kappa shape index (κ1) is 23.1. The summed E-state index contributed by atoms with van der Waals surface area (Å²) in [6.45, 7) is 9.42. The third-order valence-electron chi connectivity index (χ3n) is 4.88. The molecule has 4 atom stereocenters. The van der Waals surface area contributed by atoms with Gasteiger partial charge in [-0.25, -0.2) is 14.0 Å². The molecule has 6 nitrogen and oxygen atoms in total. The van der Waals surface area contributed by atoms with E-state index in [0.29, 0.717) is 19.4 Å². The third-order valence-corrected chi connectivity index (χ3v) is 4.88. The zero-order chi connectivity index (χ0) is 21.6. The van der Waals surface area contributed by atoms with Gasteiger partial charge in [0.15, 0.2) is 0 Å². The van der Waals surface area contributed by atoms with E-state index in [2.05, 4.69) is 5.32 Å². The summed E-state index contributed by atoms with van der Waals surface area (Å²) >= 11 is 0. The van der Waals surface area contributed by atoms with Crippen molar-refractivity contribution >= 4 is 12.1 Å². The molecule has 29 heavy (non-hydrogen) atoms. The van der Waals surface area contributed by atoms with Crippen LogP contribution in [0.2, 0.25) is 0 Å². The van der Waals surface area contributed by atoms with Crippen LogP contribution in [0, 0.1) is 11.7 Å². The van der Waals surface area contributed by atoms with E-state index in [0.717, 1.165) is 12.0 Å². The minimum Gasteiger partial charge on any atom is -0.461 e. The van der Waals surface area contributed by atoms with Crippen LogP contribution >= 0.6 is 0 Å². The fourth-order valence-electron chi connectivity index (χ4n) is 3.43. The molecule has 1 heterocycles. The first-order valence-corrected chi connectivity index (χ1v) is 10.1. The van der Waals surface area contributed by atoms with E-state index in [4.69, 9.17) is 14.2 Å². The molecule has 0 unspecified atom stereocenters. The standard InChI is InChI=1S/C22H32FNO5/c1-6-19-17(13-15-7-9-16(23)10-8-15)14(2)28-20(25)18(11-12-27-19)24-21(26)29-22(3,4)5/h7-10,14,17-19H,6,11-13H2,1-5H3,(H,24,26)/t14-,17-,18-,19+/m0/s1. The number of halogens is 1. The zero-order valence-electron chi connectivity index (χ0n) is 17.9. The van der Waals surface area contributed by atoms with Gasteiger partial charge in [-0.3, -0.25) is 0 Å². The van der Waals surface area contributed by atoms with Gasteiger partial charge in [0.1, 0.15) is 23.6 Å². The number of ether oxygens (including phenoxy) is 3. The highest BCUT2D eigenvalue weighted by Crippen LogP contribution is 2.26. The van der Waals surface area contributed by atoms with Gasteiger partial charge >= 0.3 is 12.1 Å². The van der Waals surface area contributed by atoms with Gasteiger partial charge in [-0.15, -0.1) is 0 Å². The van der Waals surface area contributed by atoms with Crippen LogP contribution in [-0.4, -0.2) is 42.5 Å². The second kappa shape index (κ2) is 10.1. The molecule has 0 saturated carbocycles. The predicted octanol–water partition coefficient (Wildman–Crippen LogP) is 4.01. The average Bonchev–Trinajstić information content (AvgIpc) is 2.66. The largest absolute Gasteiger partial charge is 0.461 e. The van der Waals surface area contributed by atoms with Crippen LogP contribution in [0.4, 0.5) is 9.18 Å². The Hall–Kier alpha value is -2.15. The number of nitrogens with one attached hydrogen (secondary N) is 1. The van der Waals surface area contributed by atoms with Crippen molar-refractivity contribution in [1.82, 2.24) is 5.32 Å². The number of carbonyl (C=O) groups excluding carboxylic acids is 2. The van der Waals surface area contributed by atoms with Gasteiger partial charge in [0.2, 0.25) is 0 Å².